The van der Waals surface area contributed by atoms with E-state index in [2.05, 4.69) is 219 Å². The SMILES string of the molecule is CC1(C)c2c(cccc2N(c2ccc(-c3ccc(-c4ccccc4)cc3)cc2)c2ccc3sc4ccccc4c3c2)-c2oc(-c3ccccc3)c(-c3ccccc3)c21. The quantitative estimate of drug-likeness (QED) is 0.161. The Bertz CT molecular complexity index is 3100. The smallest absolute Gasteiger partial charge is 0.142 e. The number of hydrogen-bond acceptors (Lipinski definition) is 3. The van der Waals surface area contributed by atoms with Crippen LogP contribution in [-0.2, 0) is 5.41 Å². The summed E-state index contributed by atoms with van der Waals surface area (Å²) in [5.74, 6) is 1.87. The van der Waals surface area contributed by atoms with Crippen LogP contribution in [0.2, 0.25) is 0 Å². The Morgan fingerprint density at radius 2 is 0.948 bits per heavy atom. The van der Waals surface area contributed by atoms with Gasteiger partial charge in [0.1, 0.15) is 11.5 Å². The minimum atomic E-state index is -0.388. The molecule has 0 radical (unpaired) electrons. The highest BCUT2D eigenvalue weighted by Crippen LogP contribution is 2.60. The second-order valence-corrected chi connectivity index (χ2v) is 16.8. The summed E-state index contributed by atoms with van der Waals surface area (Å²) in [6.45, 7) is 4.74. The first kappa shape index (κ1) is 34.3. The molecule has 1 aliphatic carbocycles. The molecule has 1 aliphatic rings. The van der Waals surface area contributed by atoms with Crippen LogP contribution in [0.25, 0.3) is 76.2 Å². The Labute approximate surface area is 342 Å². The third kappa shape index (κ3) is 5.54. The zero-order valence-electron chi connectivity index (χ0n) is 32.3. The molecule has 11 rings (SSSR count). The summed E-state index contributed by atoms with van der Waals surface area (Å²) < 4.78 is 9.68. The number of anilines is 3. The molecular formula is C55H39NOS. The van der Waals surface area contributed by atoms with Crippen LogP contribution < -0.4 is 4.90 Å². The van der Waals surface area contributed by atoms with E-state index in [9.17, 15) is 0 Å². The molecule has 0 saturated carbocycles. The summed E-state index contributed by atoms with van der Waals surface area (Å²) in [7, 11) is 0. The second kappa shape index (κ2) is 13.6. The van der Waals surface area contributed by atoms with Gasteiger partial charge in [-0.05, 0) is 75.8 Å². The van der Waals surface area contributed by atoms with Gasteiger partial charge in [-0.15, -0.1) is 11.3 Å². The zero-order chi connectivity index (χ0) is 38.8. The molecule has 0 bridgehead atoms. The van der Waals surface area contributed by atoms with Gasteiger partial charge in [0.25, 0.3) is 0 Å². The van der Waals surface area contributed by atoms with E-state index in [1.54, 1.807) is 0 Å². The molecule has 2 aromatic heterocycles. The van der Waals surface area contributed by atoms with Gasteiger partial charge in [-0.3, -0.25) is 0 Å². The lowest BCUT2D eigenvalue weighted by Gasteiger charge is -2.32. The molecule has 0 unspecified atom stereocenters. The fourth-order valence-corrected chi connectivity index (χ4v) is 10.2. The van der Waals surface area contributed by atoms with Crippen molar-refractivity contribution in [3.8, 4) is 56.0 Å². The molecule has 0 aliphatic heterocycles. The minimum absolute atomic E-state index is 0.388. The predicted octanol–water partition coefficient (Wildman–Crippen LogP) is 16.1. The monoisotopic (exact) mass is 761 g/mol. The third-order valence-electron chi connectivity index (χ3n) is 11.9. The number of rotatable bonds is 7. The van der Waals surface area contributed by atoms with Crippen LogP contribution in [0.1, 0.15) is 25.0 Å². The van der Waals surface area contributed by atoms with Gasteiger partial charge in [-0.1, -0.05) is 172 Å². The highest BCUT2D eigenvalue weighted by molar-refractivity contribution is 7.25. The molecule has 2 heterocycles. The largest absolute Gasteiger partial charge is 0.455 e. The lowest BCUT2D eigenvalue weighted by atomic mass is 9.78. The van der Waals surface area contributed by atoms with Crippen molar-refractivity contribution >= 4 is 48.6 Å². The molecule has 0 spiro atoms. The maximum atomic E-state index is 7.09. The van der Waals surface area contributed by atoms with Crippen LogP contribution >= 0.6 is 11.3 Å². The first-order valence-electron chi connectivity index (χ1n) is 19.9. The number of nitrogens with zero attached hydrogens (tertiary/aromatic N) is 1. The second-order valence-electron chi connectivity index (χ2n) is 15.7. The lowest BCUT2D eigenvalue weighted by Crippen LogP contribution is -2.21. The van der Waals surface area contributed by atoms with E-state index < -0.39 is 0 Å². The molecule has 0 fully saturated rings. The summed E-state index contributed by atoms with van der Waals surface area (Å²) in [4.78, 5) is 2.46. The van der Waals surface area contributed by atoms with E-state index in [1.807, 2.05) is 11.3 Å². The van der Waals surface area contributed by atoms with Crippen molar-refractivity contribution in [3.63, 3.8) is 0 Å². The van der Waals surface area contributed by atoms with Crippen molar-refractivity contribution in [1.29, 1.82) is 0 Å². The maximum Gasteiger partial charge on any atom is 0.142 e. The fourth-order valence-electron chi connectivity index (χ4n) is 9.16. The van der Waals surface area contributed by atoms with E-state index in [-0.39, 0.29) is 5.41 Å². The predicted molar refractivity (Wildman–Crippen MR) is 246 cm³/mol. The molecule has 0 N–H and O–H groups in total. The standard InChI is InChI=1S/C55H39NOS/c1-55(2)51-45(54-52(55)50(40-17-8-4-9-18-40)53(57-54)41-19-10-5-11-20-41)22-14-23-47(51)56(43-33-34-49-46(35-43)44-21-12-13-24-48(44)58-49)42-31-29-39(30-32-42)38-27-25-37(26-28-38)36-15-6-3-7-16-36/h3-35H,1-2H3. The van der Waals surface area contributed by atoms with E-state index >= 15 is 0 Å². The summed E-state index contributed by atoms with van der Waals surface area (Å²) in [6.07, 6.45) is 0. The van der Waals surface area contributed by atoms with Crippen LogP contribution in [0.5, 0.6) is 0 Å². The number of fused-ring (bicyclic) bond motifs is 6. The lowest BCUT2D eigenvalue weighted by molar-refractivity contribution is 0.593. The van der Waals surface area contributed by atoms with Crippen molar-refractivity contribution in [2.45, 2.75) is 19.3 Å². The Kier molecular flexibility index (Phi) is 8.06. The van der Waals surface area contributed by atoms with Gasteiger partial charge < -0.3 is 9.32 Å². The Hall–Kier alpha value is -6.94. The van der Waals surface area contributed by atoms with Gasteiger partial charge in [-0.25, -0.2) is 0 Å². The highest BCUT2D eigenvalue weighted by atomic mass is 32.1. The van der Waals surface area contributed by atoms with Crippen LogP contribution in [0.15, 0.2) is 205 Å². The Morgan fingerprint density at radius 1 is 0.414 bits per heavy atom. The fraction of sp³-hybridized carbons (Fsp3) is 0.0545. The molecule has 0 saturated heterocycles. The number of hydrogen-bond donors (Lipinski definition) is 0. The first-order valence-corrected chi connectivity index (χ1v) is 20.7. The molecule has 3 heteroatoms. The molecule has 10 aromatic rings. The molecule has 8 aromatic carbocycles. The van der Waals surface area contributed by atoms with Gasteiger partial charge in [0, 0.05) is 59.2 Å². The van der Waals surface area contributed by atoms with Crippen LogP contribution in [0.4, 0.5) is 17.1 Å². The van der Waals surface area contributed by atoms with Crippen LogP contribution in [-0.4, -0.2) is 0 Å². The summed E-state index contributed by atoms with van der Waals surface area (Å²) >= 11 is 1.85. The van der Waals surface area contributed by atoms with E-state index in [4.69, 9.17) is 4.42 Å². The zero-order valence-corrected chi connectivity index (χ0v) is 33.1. The van der Waals surface area contributed by atoms with Crippen molar-refractivity contribution in [1.82, 2.24) is 0 Å². The van der Waals surface area contributed by atoms with Crippen LogP contribution in [0, 0.1) is 0 Å². The topological polar surface area (TPSA) is 16.4 Å². The Balaban J connectivity index is 1.09. The Morgan fingerprint density at radius 3 is 1.62 bits per heavy atom. The van der Waals surface area contributed by atoms with Gasteiger partial charge in [0.05, 0.1) is 5.69 Å². The minimum Gasteiger partial charge on any atom is -0.455 e. The number of thiophene rings is 1. The number of benzene rings is 8. The summed E-state index contributed by atoms with van der Waals surface area (Å²) in [5, 5.41) is 2.56. The first-order chi connectivity index (χ1) is 28.5. The summed E-state index contributed by atoms with van der Waals surface area (Å²) in [6, 6.07) is 72.3. The van der Waals surface area contributed by atoms with Gasteiger partial charge in [0.2, 0.25) is 0 Å². The van der Waals surface area contributed by atoms with E-state index in [1.165, 1.54) is 53.6 Å². The molecule has 0 amide bonds. The maximum absolute atomic E-state index is 7.09. The summed E-state index contributed by atoms with van der Waals surface area (Å²) in [5.41, 5.74) is 14.8. The average molecular weight is 762 g/mol. The molecule has 58 heavy (non-hydrogen) atoms. The highest BCUT2D eigenvalue weighted by Gasteiger charge is 2.45. The molecule has 276 valence electrons. The number of furan rings is 1. The average Bonchev–Trinajstić information content (AvgIpc) is 3.94. The molecule has 0 atom stereocenters. The normalized spacial score (nSPS) is 12.8. The van der Waals surface area contributed by atoms with Crippen molar-refractivity contribution < 1.29 is 4.42 Å². The van der Waals surface area contributed by atoms with Crippen LogP contribution in [0.3, 0.4) is 0 Å². The van der Waals surface area contributed by atoms with Gasteiger partial charge >= 0.3 is 0 Å². The van der Waals surface area contributed by atoms with E-state index in [0.717, 1.165) is 50.8 Å². The van der Waals surface area contributed by atoms with Gasteiger partial charge in [0.15, 0.2) is 0 Å². The van der Waals surface area contributed by atoms with Gasteiger partial charge in [-0.2, -0.15) is 0 Å². The van der Waals surface area contributed by atoms with E-state index in [0.29, 0.717) is 0 Å². The third-order valence-corrected chi connectivity index (χ3v) is 13.0. The molecular weight excluding hydrogens is 723 g/mol. The molecule has 2 nitrogen and oxygen atoms in total. The van der Waals surface area contributed by atoms with Crippen molar-refractivity contribution in [3.05, 3.63) is 211 Å². The van der Waals surface area contributed by atoms with Crippen molar-refractivity contribution in [2.24, 2.45) is 0 Å². The van der Waals surface area contributed by atoms with Crippen molar-refractivity contribution in [2.75, 3.05) is 4.90 Å².